The molecule has 0 unspecified atom stereocenters. The van der Waals surface area contributed by atoms with Crippen molar-refractivity contribution in [2.45, 2.75) is 6.18 Å². The minimum absolute atomic E-state index is 0.176. The Kier molecular flexibility index (Phi) is 3.83. The molecule has 0 atom stereocenters. The highest BCUT2D eigenvalue weighted by atomic mass is 19.4. The summed E-state index contributed by atoms with van der Waals surface area (Å²) in [5, 5.41) is 5.87. The molecule has 2 heterocycles. The lowest BCUT2D eigenvalue weighted by molar-refractivity contribution is -0.143. The van der Waals surface area contributed by atoms with E-state index in [1.54, 1.807) is 0 Å². The number of rotatable bonds is 3. The Morgan fingerprint density at radius 3 is 2.57 bits per heavy atom. The number of halogens is 3. The Hall–Kier alpha value is -2.58. The third kappa shape index (κ3) is 3.30. The summed E-state index contributed by atoms with van der Waals surface area (Å²) in [5.74, 6) is -0.480. The summed E-state index contributed by atoms with van der Waals surface area (Å²) >= 11 is 0. The van der Waals surface area contributed by atoms with Crippen molar-refractivity contribution in [3.8, 4) is 5.88 Å². The van der Waals surface area contributed by atoms with Crippen LogP contribution in [0.4, 0.5) is 19.0 Å². The predicted octanol–water partition coefficient (Wildman–Crippen LogP) is 2.09. The van der Waals surface area contributed by atoms with E-state index in [1.807, 2.05) is 0 Å². The molecule has 0 fully saturated rings. The lowest BCUT2D eigenvalue weighted by Crippen LogP contribution is -2.13. The fraction of sp³-hybridized carbons (Fsp3) is 0.250. The SMILES string of the molecule is COc1ccc(C(=O)Nc2cc(C(F)(F)F)n(C)n2)cn1. The number of alkyl halides is 3. The number of carbonyl (C=O) groups is 1. The molecule has 0 radical (unpaired) electrons. The zero-order valence-corrected chi connectivity index (χ0v) is 11.1. The van der Waals surface area contributed by atoms with Gasteiger partial charge in [-0.1, -0.05) is 0 Å². The topological polar surface area (TPSA) is 69.0 Å². The molecule has 2 aromatic rings. The molecule has 1 amide bonds. The average Bonchev–Trinajstić information content (AvgIpc) is 2.79. The molecule has 9 heteroatoms. The van der Waals surface area contributed by atoms with Crippen LogP contribution in [0.2, 0.25) is 0 Å². The molecular formula is C12H11F3N4O2. The van der Waals surface area contributed by atoms with Crippen LogP contribution in [0.25, 0.3) is 0 Å². The number of nitrogens with zero attached hydrogens (tertiary/aromatic N) is 3. The number of aromatic nitrogens is 3. The highest BCUT2D eigenvalue weighted by molar-refractivity contribution is 6.03. The van der Waals surface area contributed by atoms with Crippen LogP contribution in [0.3, 0.4) is 0 Å². The predicted molar refractivity (Wildman–Crippen MR) is 67.0 cm³/mol. The van der Waals surface area contributed by atoms with E-state index >= 15 is 0 Å². The van der Waals surface area contributed by atoms with Gasteiger partial charge < -0.3 is 10.1 Å². The van der Waals surface area contributed by atoms with Crippen molar-refractivity contribution in [3.63, 3.8) is 0 Å². The Bertz CT molecular complexity index is 650. The first-order valence-electron chi connectivity index (χ1n) is 5.74. The Morgan fingerprint density at radius 1 is 1.38 bits per heavy atom. The Balaban J connectivity index is 2.16. The van der Waals surface area contributed by atoms with Crippen LogP contribution in [0.5, 0.6) is 5.88 Å². The first-order valence-corrected chi connectivity index (χ1v) is 5.74. The van der Waals surface area contributed by atoms with Gasteiger partial charge in [-0.3, -0.25) is 9.48 Å². The molecule has 0 aliphatic rings. The van der Waals surface area contributed by atoms with Crippen molar-refractivity contribution < 1.29 is 22.7 Å². The number of nitrogens with one attached hydrogen (secondary N) is 1. The number of aryl methyl sites for hydroxylation is 1. The normalized spacial score (nSPS) is 11.3. The molecule has 6 nitrogen and oxygen atoms in total. The fourth-order valence-corrected chi connectivity index (χ4v) is 1.62. The molecule has 0 aliphatic carbocycles. The van der Waals surface area contributed by atoms with Gasteiger partial charge in [0.15, 0.2) is 5.82 Å². The summed E-state index contributed by atoms with van der Waals surface area (Å²) < 4.78 is 43.3. The summed E-state index contributed by atoms with van der Waals surface area (Å²) in [7, 11) is 2.57. The quantitative estimate of drug-likeness (QED) is 0.942. The number of hydrogen-bond acceptors (Lipinski definition) is 4. The summed E-state index contributed by atoms with van der Waals surface area (Å²) in [4.78, 5) is 15.7. The van der Waals surface area contributed by atoms with Gasteiger partial charge in [-0.25, -0.2) is 4.98 Å². The molecule has 0 bridgehead atoms. The highest BCUT2D eigenvalue weighted by Gasteiger charge is 2.35. The maximum atomic E-state index is 12.6. The lowest BCUT2D eigenvalue weighted by atomic mass is 10.2. The van der Waals surface area contributed by atoms with Gasteiger partial charge in [0.05, 0.1) is 12.7 Å². The summed E-state index contributed by atoms with van der Waals surface area (Å²) in [6.07, 6.45) is -3.28. The molecule has 0 saturated carbocycles. The molecular weight excluding hydrogens is 289 g/mol. The molecule has 21 heavy (non-hydrogen) atoms. The van der Waals surface area contributed by atoms with Gasteiger partial charge in [0.1, 0.15) is 5.69 Å². The molecule has 1 N–H and O–H groups in total. The third-order valence-electron chi connectivity index (χ3n) is 2.62. The van der Waals surface area contributed by atoms with Gasteiger partial charge >= 0.3 is 6.18 Å². The number of anilines is 1. The maximum Gasteiger partial charge on any atom is 0.433 e. The first kappa shape index (κ1) is 14.8. The van der Waals surface area contributed by atoms with Gasteiger partial charge in [-0.15, -0.1) is 0 Å². The second-order valence-corrected chi connectivity index (χ2v) is 4.08. The third-order valence-corrected chi connectivity index (χ3v) is 2.62. The average molecular weight is 300 g/mol. The van der Waals surface area contributed by atoms with Gasteiger partial charge in [0, 0.05) is 25.4 Å². The summed E-state index contributed by atoms with van der Waals surface area (Å²) in [6.45, 7) is 0. The van der Waals surface area contributed by atoms with E-state index in [0.717, 1.165) is 13.1 Å². The first-order chi connectivity index (χ1) is 9.81. The van der Waals surface area contributed by atoms with Crippen LogP contribution in [0.1, 0.15) is 16.1 Å². The van der Waals surface area contributed by atoms with E-state index in [0.29, 0.717) is 10.6 Å². The van der Waals surface area contributed by atoms with E-state index < -0.39 is 17.8 Å². The Morgan fingerprint density at radius 2 is 2.10 bits per heavy atom. The van der Waals surface area contributed by atoms with E-state index in [2.05, 4.69) is 15.4 Å². The smallest absolute Gasteiger partial charge is 0.433 e. The summed E-state index contributed by atoms with van der Waals surface area (Å²) in [6, 6.07) is 3.66. The standard InChI is InChI=1S/C12H11F3N4O2/c1-19-8(12(13,14)15)5-9(18-19)17-11(20)7-3-4-10(21-2)16-6-7/h3-6H,1-2H3,(H,17,18,20). The monoisotopic (exact) mass is 300 g/mol. The molecule has 0 spiro atoms. The van der Waals surface area contributed by atoms with Crippen LogP contribution in [0, 0.1) is 0 Å². The van der Waals surface area contributed by atoms with E-state index in [-0.39, 0.29) is 11.4 Å². The lowest BCUT2D eigenvalue weighted by Gasteiger charge is -2.04. The van der Waals surface area contributed by atoms with Gasteiger partial charge in [-0.05, 0) is 6.07 Å². The zero-order valence-electron chi connectivity index (χ0n) is 11.1. The zero-order chi connectivity index (χ0) is 15.6. The number of amides is 1. The van der Waals surface area contributed by atoms with Crippen molar-refractivity contribution in [1.82, 2.24) is 14.8 Å². The summed E-state index contributed by atoms with van der Waals surface area (Å²) in [5.41, 5.74) is -0.777. The van der Waals surface area contributed by atoms with Crippen LogP contribution in [-0.2, 0) is 13.2 Å². The minimum Gasteiger partial charge on any atom is -0.481 e. The van der Waals surface area contributed by atoms with E-state index in [9.17, 15) is 18.0 Å². The number of methoxy groups -OCH3 is 1. The van der Waals surface area contributed by atoms with E-state index in [1.165, 1.54) is 25.4 Å². The highest BCUT2D eigenvalue weighted by Crippen LogP contribution is 2.30. The van der Waals surface area contributed by atoms with Gasteiger partial charge in [-0.2, -0.15) is 18.3 Å². The number of pyridine rings is 1. The molecule has 0 aliphatic heterocycles. The van der Waals surface area contributed by atoms with Gasteiger partial charge in [0.25, 0.3) is 5.91 Å². The van der Waals surface area contributed by atoms with Crippen LogP contribution < -0.4 is 10.1 Å². The minimum atomic E-state index is -4.54. The van der Waals surface area contributed by atoms with Gasteiger partial charge in [0.2, 0.25) is 5.88 Å². The van der Waals surface area contributed by atoms with Crippen molar-refractivity contribution in [2.75, 3.05) is 12.4 Å². The van der Waals surface area contributed by atoms with Crippen LogP contribution >= 0.6 is 0 Å². The van der Waals surface area contributed by atoms with Crippen molar-refractivity contribution in [2.24, 2.45) is 7.05 Å². The molecule has 0 aromatic carbocycles. The van der Waals surface area contributed by atoms with Crippen molar-refractivity contribution in [3.05, 3.63) is 35.7 Å². The molecule has 112 valence electrons. The number of hydrogen-bond donors (Lipinski definition) is 1. The molecule has 0 saturated heterocycles. The largest absolute Gasteiger partial charge is 0.481 e. The van der Waals surface area contributed by atoms with E-state index in [4.69, 9.17) is 4.74 Å². The second kappa shape index (κ2) is 5.43. The number of ether oxygens (including phenoxy) is 1. The van der Waals surface area contributed by atoms with Crippen LogP contribution in [-0.4, -0.2) is 27.8 Å². The van der Waals surface area contributed by atoms with Crippen LogP contribution in [0.15, 0.2) is 24.4 Å². The number of carbonyl (C=O) groups excluding carboxylic acids is 1. The molecule has 2 rings (SSSR count). The molecule has 2 aromatic heterocycles. The van der Waals surface area contributed by atoms with Crippen molar-refractivity contribution >= 4 is 11.7 Å². The maximum absolute atomic E-state index is 12.6. The van der Waals surface area contributed by atoms with Crippen molar-refractivity contribution in [1.29, 1.82) is 0 Å². The second-order valence-electron chi connectivity index (χ2n) is 4.08. The fourth-order valence-electron chi connectivity index (χ4n) is 1.62. The Labute approximate surface area is 117 Å².